The molecule has 2 aromatic rings. The van der Waals surface area contributed by atoms with Crippen molar-refractivity contribution < 1.29 is 18.4 Å². The van der Waals surface area contributed by atoms with Gasteiger partial charge in [-0.1, -0.05) is 12.8 Å². The van der Waals surface area contributed by atoms with Gasteiger partial charge in [-0.05, 0) is 44.9 Å². The number of aryl methyl sites for hydroxylation is 2. The first-order valence-electron chi connectivity index (χ1n) is 8.74. The van der Waals surface area contributed by atoms with Gasteiger partial charge in [0.05, 0.1) is 24.4 Å². The molecule has 1 aliphatic heterocycles. The summed E-state index contributed by atoms with van der Waals surface area (Å²) < 4.78 is 10.9. The van der Waals surface area contributed by atoms with Crippen molar-refractivity contribution in [2.45, 2.75) is 45.6 Å². The van der Waals surface area contributed by atoms with Crippen molar-refractivity contribution in [3.05, 3.63) is 47.3 Å². The Labute approximate surface area is 147 Å². The molecule has 134 valence electrons. The lowest BCUT2D eigenvalue weighted by Crippen LogP contribution is -2.42. The van der Waals surface area contributed by atoms with E-state index in [9.17, 15) is 9.59 Å². The summed E-state index contributed by atoms with van der Waals surface area (Å²) in [5, 5.41) is 2.72. The second kappa shape index (κ2) is 7.59. The molecule has 25 heavy (non-hydrogen) atoms. The van der Waals surface area contributed by atoms with Crippen LogP contribution in [-0.4, -0.2) is 29.8 Å². The fourth-order valence-corrected chi connectivity index (χ4v) is 3.39. The maximum atomic E-state index is 12.7. The fraction of sp³-hybridized carbons (Fsp3) is 0.474. The van der Waals surface area contributed by atoms with Crippen LogP contribution in [0.2, 0.25) is 0 Å². The highest BCUT2D eigenvalue weighted by Crippen LogP contribution is 2.30. The highest BCUT2D eigenvalue weighted by molar-refractivity contribution is 5.97. The maximum Gasteiger partial charge on any atom is 0.255 e. The monoisotopic (exact) mass is 344 g/mol. The van der Waals surface area contributed by atoms with Crippen molar-refractivity contribution in [2.24, 2.45) is 0 Å². The van der Waals surface area contributed by atoms with Crippen LogP contribution in [0.5, 0.6) is 0 Å². The summed E-state index contributed by atoms with van der Waals surface area (Å²) in [7, 11) is 0. The van der Waals surface area contributed by atoms with E-state index in [1.165, 1.54) is 0 Å². The van der Waals surface area contributed by atoms with E-state index in [1.807, 2.05) is 17.0 Å². The van der Waals surface area contributed by atoms with Crippen LogP contribution in [0.25, 0.3) is 0 Å². The van der Waals surface area contributed by atoms with Gasteiger partial charge in [0.2, 0.25) is 5.91 Å². The van der Waals surface area contributed by atoms with E-state index < -0.39 is 0 Å². The molecule has 3 heterocycles. The molecular weight excluding hydrogens is 320 g/mol. The predicted octanol–water partition coefficient (Wildman–Crippen LogP) is 3.36. The van der Waals surface area contributed by atoms with Gasteiger partial charge in [0.1, 0.15) is 17.3 Å². The second-order valence-corrected chi connectivity index (χ2v) is 6.48. The average molecular weight is 344 g/mol. The van der Waals surface area contributed by atoms with E-state index in [2.05, 4.69) is 5.32 Å². The van der Waals surface area contributed by atoms with E-state index in [-0.39, 0.29) is 24.4 Å². The van der Waals surface area contributed by atoms with Gasteiger partial charge >= 0.3 is 0 Å². The summed E-state index contributed by atoms with van der Waals surface area (Å²) in [5.74, 6) is 1.68. The Balaban J connectivity index is 1.66. The number of hydrogen-bond acceptors (Lipinski definition) is 4. The zero-order chi connectivity index (χ0) is 17.8. The molecule has 6 nitrogen and oxygen atoms in total. The van der Waals surface area contributed by atoms with Gasteiger partial charge in [-0.3, -0.25) is 9.59 Å². The normalized spacial score (nSPS) is 18.0. The van der Waals surface area contributed by atoms with Gasteiger partial charge in [-0.2, -0.15) is 0 Å². The first kappa shape index (κ1) is 17.3. The third kappa shape index (κ3) is 3.95. The predicted molar refractivity (Wildman–Crippen MR) is 92.1 cm³/mol. The highest BCUT2D eigenvalue weighted by atomic mass is 16.3. The molecule has 1 atom stereocenters. The molecule has 0 aromatic carbocycles. The Morgan fingerprint density at radius 3 is 2.80 bits per heavy atom. The molecule has 0 saturated carbocycles. The molecule has 1 unspecified atom stereocenters. The minimum Gasteiger partial charge on any atom is -0.467 e. The van der Waals surface area contributed by atoms with Crippen LogP contribution < -0.4 is 5.32 Å². The zero-order valence-electron chi connectivity index (χ0n) is 14.7. The van der Waals surface area contributed by atoms with Crippen LogP contribution in [0, 0.1) is 13.8 Å². The summed E-state index contributed by atoms with van der Waals surface area (Å²) in [6.45, 7) is 4.19. The standard InChI is InChI=1S/C19H24N2O4/c1-13-11-15(14(2)25-13)19(23)20-12-18(22)21-9-5-3-4-7-16(21)17-8-6-10-24-17/h6,8,10-11,16H,3-5,7,9,12H2,1-2H3,(H,20,23). The fourth-order valence-electron chi connectivity index (χ4n) is 3.39. The summed E-state index contributed by atoms with van der Waals surface area (Å²) in [6.07, 6.45) is 5.65. The van der Waals surface area contributed by atoms with Crippen molar-refractivity contribution in [2.75, 3.05) is 13.1 Å². The Morgan fingerprint density at radius 1 is 1.28 bits per heavy atom. The smallest absolute Gasteiger partial charge is 0.255 e. The average Bonchev–Trinajstić information content (AvgIpc) is 3.15. The summed E-state index contributed by atoms with van der Waals surface area (Å²) in [5.41, 5.74) is 0.476. The third-order valence-corrected chi connectivity index (χ3v) is 4.63. The SMILES string of the molecule is Cc1cc(C(=O)NCC(=O)N2CCCCCC2c2ccco2)c(C)o1. The molecule has 0 aliphatic carbocycles. The number of amides is 2. The number of furan rings is 2. The third-order valence-electron chi connectivity index (χ3n) is 4.63. The first-order chi connectivity index (χ1) is 12.1. The largest absolute Gasteiger partial charge is 0.467 e. The van der Waals surface area contributed by atoms with Crippen LogP contribution in [0.1, 0.15) is 59.4 Å². The molecule has 0 radical (unpaired) electrons. The lowest BCUT2D eigenvalue weighted by Gasteiger charge is -2.28. The lowest BCUT2D eigenvalue weighted by molar-refractivity contribution is -0.132. The van der Waals surface area contributed by atoms with Crippen molar-refractivity contribution in [1.82, 2.24) is 10.2 Å². The van der Waals surface area contributed by atoms with Crippen LogP contribution in [0.4, 0.5) is 0 Å². The quantitative estimate of drug-likeness (QED) is 0.923. The zero-order valence-corrected chi connectivity index (χ0v) is 14.7. The van der Waals surface area contributed by atoms with Crippen LogP contribution in [0.3, 0.4) is 0 Å². The molecule has 1 aliphatic rings. The minimum absolute atomic E-state index is 0.0281. The minimum atomic E-state index is -0.285. The molecule has 1 saturated heterocycles. The number of nitrogens with one attached hydrogen (secondary N) is 1. The van der Waals surface area contributed by atoms with Crippen molar-refractivity contribution in [3.8, 4) is 0 Å². The number of nitrogens with zero attached hydrogens (tertiary/aromatic N) is 1. The molecule has 2 aromatic heterocycles. The van der Waals surface area contributed by atoms with Crippen molar-refractivity contribution in [1.29, 1.82) is 0 Å². The van der Waals surface area contributed by atoms with Crippen LogP contribution in [0.15, 0.2) is 33.3 Å². The van der Waals surface area contributed by atoms with E-state index in [0.29, 0.717) is 23.6 Å². The van der Waals surface area contributed by atoms with Gasteiger partial charge in [0, 0.05) is 6.54 Å². The van der Waals surface area contributed by atoms with Gasteiger partial charge in [-0.25, -0.2) is 0 Å². The van der Waals surface area contributed by atoms with Gasteiger partial charge in [0.25, 0.3) is 5.91 Å². The van der Waals surface area contributed by atoms with Gasteiger partial charge < -0.3 is 19.1 Å². The van der Waals surface area contributed by atoms with E-state index >= 15 is 0 Å². The highest BCUT2D eigenvalue weighted by Gasteiger charge is 2.28. The van der Waals surface area contributed by atoms with Gasteiger partial charge in [-0.15, -0.1) is 0 Å². The van der Waals surface area contributed by atoms with E-state index in [0.717, 1.165) is 31.4 Å². The first-order valence-corrected chi connectivity index (χ1v) is 8.74. The van der Waals surface area contributed by atoms with E-state index in [4.69, 9.17) is 8.83 Å². The molecule has 6 heteroatoms. The number of likely N-dealkylation sites (tertiary alicyclic amines) is 1. The Morgan fingerprint density at radius 2 is 2.12 bits per heavy atom. The Kier molecular flexibility index (Phi) is 5.26. The number of carbonyl (C=O) groups excluding carboxylic acids is 2. The summed E-state index contributed by atoms with van der Waals surface area (Å²) in [6, 6.07) is 5.38. The maximum absolute atomic E-state index is 12.7. The van der Waals surface area contributed by atoms with Gasteiger partial charge in [0.15, 0.2) is 0 Å². The number of carbonyl (C=O) groups is 2. The second-order valence-electron chi connectivity index (χ2n) is 6.48. The molecule has 0 bridgehead atoms. The topological polar surface area (TPSA) is 75.7 Å². The molecular formula is C19H24N2O4. The molecule has 2 amide bonds. The number of hydrogen-bond donors (Lipinski definition) is 1. The van der Waals surface area contributed by atoms with Crippen LogP contribution >= 0.6 is 0 Å². The van der Waals surface area contributed by atoms with Crippen molar-refractivity contribution in [3.63, 3.8) is 0 Å². The molecule has 1 N–H and O–H groups in total. The van der Waals surface area contributed by atoms with E-state index in [1.54, 1.807) is 26.2 Å². The lowest BCUT2D eigenvalue weighted by atomic mass is 10.1. The summed E-state index contributed by atoms with van der Waals surface area (Å²) >= 11 is 0. The molecule has 1 fully saturated rings. The van der Waals surface area contributed by atoms with Crippen LogP contribution in [-0.2, 0) is 4.79 Å². The molecule has 3 rings (SSSR count). The summed E-state index contributed by atoms with van der Waals surface area (Å²) in [4.78, 5) is 26.8. The van der Waals surface area contributed by atoms with Crippen molar-refractivity contribution >= 4 is 11.8 Å². The Hall–Kier alpha value is -2.50. The number of rotatable bonds is 4. The Bertz CT molecular complexity index is 733. The molecule has 0 spiro atoms.